The van der Waals surface area contributed by atoms with Gasteiger partial charge in [-0.3, -0.25) is 4.99 Å². The molecule has 0 fully saturated rings. The maximum Gasteiger partial charge on any atom is 0.180 e. The van der Waals surface area contributed by atoms with Gasteiger partial charge in [0.05, 0.1) is 11.9 Å². The number of benzene rings is 1. The lowest BCUT2D eigenvalue weighted by atomic mass is 10.1. The topological polar surface area (TPSA) is 71.8 Å². The van der Waals surface area contributed by atoms with Crippen LogP contribution in [0.3, 0.4) is 0 Å². The molecular weight excluding hydrogens is 314 g/mol. The number of hydrogen-bond acceptors (Lipinski definition) is 5. The van der Waals surface area contributed by atoms with E-state index < -0.39 is 17.8 Å². The second-order valence-electron chi connectivity index (χ2n) is 5.24. The summed E-state index contributed by atoms with van der Waals surface area (Å²) in [5, 5.41) is 4.06. The molecule has 24 heavy (non-hydrogen) atoms. The Kier molecular flexibility index (Phi) is 3.23. The summed E-state index contributed by atoms with van der Waals surface area (Å²) in [5.74, 6) is -0.570. The minimum atomic E-state index is -0.759. The van der Waals surface area contributed by atoms with E-state index in [1.807, 2.05) is 0 Å². The summed E-state index contributed by atoms with van der Waals surface area (Å²) in [6, 6.07) is 5.00. The van der Waals surface area contributed by atoms with E-state index >= 15 is 0 Å². The van der Waals surface area contributed by atoms with Gasteiger partial charge in [-0.1, -0.05) is 0 Å². The first-order chi connectivity index (χ1) is 11.6. The van der Waals surface area contributed by atoms with Crippen LogP contribution in [0.25, 0.3) is 5.65 Å². The lowest BCUT2D eigenvalue weighted by Gasteiger charge is -2.29. The van der Waals surface area contributed by atoms with E-state index in [0.29, 0.717) is 17.2 Å². The normalized spacial score (nSPS) is 16.9. The van der Waals surface area contributed by atoms with Gasteiger partial charge in [0.15, 0.2) is 11.8 Å². The fraction of sp³-hybridized carbons (Fsp3) is 0.0625. The summed E-state index contributed by atoms with van der Waals surface area (Å²) in [7, 11) is 0. The molecule has 1 atom stereocenters. The van der Waals surface area contributed by atoms with E-state index in [4.69, 9.17) is 5.73 Å². The highest BCUT2D eigenvalue weighted by molar-refractivity contribution is 5.75. The Hall–Kier alpha value is -3.29. The van der Waals surface area contributed by atoms with Crippen molar-refractivity contribution in [2.45, 2.75) is 6.17 Å². The molecule has 0 bridgehead atoms. The lowest BCUT2D eigenvalue weighted by molar-refractivity contribution is 0.562. The van der Waals surface area contributed by atoms with Gasteiger partial charge < -0.3 is 10.6 Å². The summed E-state index contributed by atoms with van der Waals surface area (Å²) in [6.45, 7) is 0. The SMILES string of the molecule is Nc1cnn2ccc(N3C=CC=N[C@H]3c3cc(F)ccc3F)nc12. The molecule has 120 valence electrons. The highest BCUT2D eigenvalue weighted by atomic mass is 19.1. The number of aliphatic imine (C=N–C) groups is 1. The number of halogens is 2. The van der Waals surface area contributed by atoms with Crippen LogP contribution < -0.4 is 10.6 Å². The van der Waals surface area contributed by atoms with E-state index in [0.717, 1.165) is 18.2 Å². The number of hydrogen-bond donors (Lipinski definition) is 1. The van der Waals surface area contributed by atoms with Crippen LogP contribution in [0.2, 0.25) is 0 Å². The van der Waals surface area contributed by atoms with Gasteiger partial charge in [0.25, 0.3) is 0 Å². The molecule has 0 radical (unpaired) electrons. The predicted octanol–water partition coefficient (Wildman–Crippen LogP) is 2.69. The highest BCUT2D eigenvalue weighted by Gasteiger charge is 2.24. The van der Waals surface area contributed by atoms with Gasteiger partial charge in [-0.2, -0.15) is 5.10 Å². The summed E-state index contributed by atoms with van der Waals surface area (Å²) in [4.78, 5) is 10.4. The smallest absolute Gasteiger partial charge is 0.180 e. The number of anilines is 2. The Morgan fingerprint density at radius 2 is 2.04 bits per heavy atom. The second-order valence-corrected chi connectivity index (χ2v) is 5.24. The summed E-state index contributed by atoms with van der Waals surface area (Å²) in [6.07, 6.45) is 7.37. The van der Waals surface area contributed by atoms with Crippen molar-refractivity contribution in [1.82, 2.24) is 14.6 Å². The number of fused-ring (bicyclic) bond motifs is 1. The van der Waals surface area contributed by atoms with Crippen LogP contribution in [-0.2, 0) is 0 Å². The quantitative estimate of drug-likeness (QED) is 0.786. The summed E-state index contributed by atoms with van der Waals surface area (Å²) >= 11 is 0. The van der Waals surface area contributed by atoms with Crippen molar-refractivity contribution in [3.8, 4) is 0 Å². The summed E-state index contributed by atoms with van der Waals surface area (Å²) < 4.78 is 29.3. The van der Waals surface area contributed by atoms with Crippen molar-refractivity contribution >= 4 is 23.4 Å². The zero-order chi connectivity index (χ0) is 16.7. The number of aromatic nitrogens is 3. The van der Waals surface area contributed by atoms with E-state index in [9.17, 15) is 8.78 Å². The first-order valence-electron chi connectivity index (χ1n) is 7.16. The van der Waals surface area contributed by atoms with E-state index in [2.05, 4.69) is 15.1 Å². The first-order valence-corrected chi connectivity index (χ1v) is 7.16. The monoisotopic (exact) mass is 326 g/mol. The fourth-order valence-corrected chi connectivity index (χ4v) is 2.58. The molecule has 6 nitrogen and oxygen atoms in total. The minimum absolute atomic E-state index is 0.124. The molecule has 1 aromatic carbocycles. The van der Waals surface area contributed by atoms with Crippen molar-refractivity contribution < 1.29 is 8.78 Å². The van der Waals surface area contributed by atoms with Crippen LogP contribution in [0.4, 0.5) is 20.3 Å². The first kappa shape index (κ1) is 14.3. The molecule has 4 rings (SSSR count). The maximum atomic E-state index is 14.2. The standard InChI is InChI=1S/C16H12F2N6/c17-10-2-3-12(18)11(8-10)15-20-5-1-6-23(15)14-4-7-24-16(22-14)13(19)9-21-24/h1-9,15H,19H2/t15-/m1/s1. The largest absolute Gasteiger partial charge is 0.394 e. The molecule has 1 aliphatic heterocycles. The minimum Gasteiger partial charge on any atom is -0.394 e. The van der Waals surface area contributed by atoms with Gasteiger partial charge >= 0.3 is 0 Å². The Morgan fingerprint density at radius 1 is 1.17 bits per heavy atom. The van der Waals surface area contributed by atoms with Crippen molar-refractivity contribution in [3.63, 3.8) is 0 Å². The molecule has 0 unspecified atom stereocenters. The molecule has 3 heterocycles. The van der Waals surface area contributed by atoms with Crippen LogP contribution in [0.15, 0.2) is 53.9 Å². The fourth-order valence-electron chi connectivity index (χ4n) is 2.58. The van der Waals surface area contributed by atoms with Gasteiger partial charge in [-0.05, 0) is 30.3 Å². The zero-order valence-electron chi connectivity index (χ0n) is 12.3. The number of nitrogens with two attached hydrogens (primary N) is 1. The van der Waals surface area contributed by atoms with E-state index in [1.54, 1.807) is 29.4 Å². The van der Waals surface area contributed by atoms with Gasteiger partial charge in [-0.15, -0.1) is 0 Å². The van der Waals surface area contributed by atoms with Crippen LogP contribution in [-0.4, -0.2) is 20.8 Å². The Morgan fingerprint density at radius 3 is 2.92 bits per heavy atom. The molecule has 0 saturated carbocycles. The van der Waals surface area contributed by atoms with Crippen LogP contribution in [0.1, 0.15) is 11.7 Å². The number of nitrogen functional groups attached to an aromatic ring is 1. The second kappa shape index (κ2) is 5.41. The average Bonchev–Trinajstić information content (AvgIpc) is 2.98. The average molecular weight is 326 g/mol. The van der Waals surface area contributed by atoms with Crippen LogP contribution >= 0.6 is 0 Å². The predicted molar refractivity (Wildman–Crippen MR) is 86.6 cm³/mol. The van der Waals surface area contributed by atoms with Crippen molar-refractivity contribution in [1.29, 1.82) is 0 Å². The molecule has 0 amide bonds. The van der Waals surface area contributed by atoms with Crippen molar-refractivity contribution in [2.24, 2.45) is 4.99 Å². The Labute approximate surface area is 135 Å². The molecule has 8 heteroatoms. The summed E-state index contributed by atoms with van der Waals surface area (Å²) in [5.41, 5.74) is 6.87. The van der Waals surface area contributed by atoms with Gasteiger partial charge in [0.1, 0.15) is 17.5 Å². The third-order valence-electron chi connectivity index (χ3n) is 3.71. The molecule has 3 aromatic rings. The lowest BCUT2D eigenvalue weighted by Crippen LogP contribution is -2.26. The molecule has 2 N–H and O–H groups in total. The highest BCUT2D eigenvalue weighted by Crippen LogP contribution is 2.31. The molecule has 0 aliphatic carbocycles. The maximum absolute atomic E-state index is 14.2. The van der Waals surface area contributed by atoms with Crippen LogP contribution in [0, 0.1) is 11.6 Å². The van der Waals surface area contributed by atoms with Crippen LogP contribution in [0.5, 0.6) is 0 Å². The van der Waals surface area contributed by atoms with E-state index in [-0.39, 0.29) is 5.56 Å². The third-order valence-corrected chi connectivity index (χ3v) is 3.71. The zero-order valence-corrected chi connectivity index (χ0v) is 12.3. The molecule has 2 aromatic heterocycles. The van der Waals surface area contributed by atoms with Crippen molar-refractivity contribution in [3.05, 3.63) is 66.1 Å². The number of nitrogens with zero attached hydrogens (tertiary/aromatic N) is 5. The third kappa shape index (κ3) is 2.28. The van der Waals surface area contributed by atoms with Crippen molar-refractivity contribution in [2.75, 3.05) is 10.6 Å². The Balaban J connectivity index is 1.81. The number of rotatable bonds is 2. The molecule has 1 aliphatic rings. The van der Waals surface area contributed by atoms with E-state index in [1.165, 1.54) is 16.9 Å². The van der Waals surface area contributed by atoms with Gasteiger partial charge in [0, 0.05) is 24.2 Å². The Bertz CT molecular complexity index is 978. The number of allylic oxidation sites excluding steroid dienone is 1. The van der Waals surface area contributed by atoms with Gasteiger partial charge in [-0.25, -0.2) is 18.3 Å². The molecule has 0 spiro atoms. The van der Waals surface area contributed by atoms with Gasteiger partial charge in [0.2, 0.25) is 0 Å². The molecular formula is C16H12F2N6. The molecule has 0 saturated heterocycles.